The smallest absolute Gasteiger partial charge is 0.306 e. The Labute approximate surface area is 131 Å². The summed E-state index contributed by atoms with van der Waals surface area (Å²) in [6, 6.07) is 0. The lowest BCUT2D eigenvalue weighted by Gasteiger charge is -2.40. The molecule has 1 aliphatic rings. The highest BCUT2D eigenvalue weighted by Crippen LogP contribution is 2.27. The van der Waals surface area contributed by atoms with Gasteiger partial charge in [-0.15, -0.1) is 0 Å². The second kappa shape index (κ2) is 8.99. The van der Waals surface area contributed by atoms with Crippen molar-refractivity contribution in [3.63, 3.8) is 0 Å². The number of carbonyl (C=O) groups is 1. The molecule has 0 aromatic rings. The van der Waals surface area contributed by atoms with E-state index in [4.69, 9.17) is 14.2 Å². The van der Waals surface area contributed by atoms with Crippen LogP contribution in [0, 0.1) is 17.9 Å². The van der Waals surface area contributed by atoms with E-state index < -0.39 is 36.7 Å². The Morgan fingerprint density at radius 2 is 1.95 bits per heavy atom. The summed E-state index contributed by atoms with van der Waals surface area (Å²) in [5, 5.41) is 20.3. The first-order valence-electron chi connectivity index (χ1n) is 7.77. The quantitative estimate of drug-likeness (QED) is 0.586. The van der Waals surface area contributed by atoms with Gasteiger partial charge in [0.2, 0.25) is 0 Å². The number of carbonyl (C=O) groups excluding carboxylic acids is 1. The number of esters is 1. The van der Waals surface area contributed by atoms with Crippen LogP contribution in [0.15, 0.2) is 0 Å². The van der Waals surface area contributed by atoms with Crippen molar-refractivity contribution in [1.29, 1.82) is 0 Å². The van der Waals surface area contributed by atoms with Crippen molar-refractivity contribution < 1.29 is 29.2 Å². The largest absolute Gasteiger partial charge is 0.453 e. The summed E-state index contributed by atoms with van der Waals surface area (Å²) in [4.78, 5) is 11.5. The van der Waals surface area contributed by atoms with E-state index >= 15 is 0 Å². The van der Waals surface area contributed by atoms with Crippen molar-refractivity contribution in [2.24, 2.45) is 5.92 Å². The molecule has 5 atom stereocenters. The van der Waals surface area contributed by atoms with Crippen LogP contribution in [0.2, 0.25) is 0 Å². The number of hydrogen-bond donors (Lipinski definition) is 2. The molecule has 0 aromatic heterocycles. The van der Waals surface area contributed by atoms with E-state index in [1.165, 1.54) is 0 Å². The van der Waals surface area contributed by atoms with Gasteiger partial charge in [0.25, 0.3) is 6.29 Å². The molecule has 1 aliphatic heterocycles. The van der Waals surface area contributed by atoms with Gasteiger partial charge in [0, 0.05) is 12.3 Å². The molecule has 0 bridgehead atoms. The summed E-state index contributed by atoms with van der Waals surface area (Å²) in [6.07, 6.45) is -1.10. The fourth-order valence-corrected chi connectivity index (χ4v) is 2.09. The second-order valence-electron chi connectivity index (χ2n) is 5.64. The van der Waals surface area contributed by atoms with E-state index in [9.17, 15) is 15.0 Å². The first kappa shape index (κ1) is 18.8. The Bertz CT molecular complexity index is 411. The van der Waals surface area contributed by atoms with Crippen molar-refractivity contribution >= 4 is 5.97 Å². The molecule has 1 saturated heterocycles. The van der Waals surface area contributed by atoms with Gasteiger partial charge in [-0.25, -0.2) is 0 Å². The van der Waals surface area contributed by atoms with Gasteiger partial charge in [0.15, 0.2) is 6.10 Å². The molecule has 2 N–H and O–H groups in total. The Morgan fingerprint density at radius 1 is 1.27 bits per heavy atom. The maximum atomic E-state index is 11.5. The third-order valence-corrected chi connectivity index (χ3v) is 3.30. The van der Waals surface area contributed by atoms with E-state index in [1.807, 2.05) is 20.8 Å². The van der Waals surface area contributed by atoms with Crippen molar-refractivity contribution in [2.45, 2.75) is 77.7 Å². The summed E-state index contributed by atoms with van der Waals surface area (Å²) >= 11 is 0. The van der Waals surface area contributed by atoms with Gasteiger partial charge in [-0.2, -0.15) is 0 Å². The molecule has 1 fully saturated rings. The SMILES string of the molecule is CCCC1OC(OC#CC(C)C)C(OC(=O)CC)C(O)C1O. The van der Waals surface area contributed by atoms with Crippen LogP contribution in [0.1, 0.15) is 47.0 Å². The van der Waals surface area contributed by atoms with Crippen LogP contribution in [0.5, 0.6) is 0 Å². The maximum Gasteiger partial charge on any atom is 0.306 e. The van der Waals surface area contributed by atoms with E-state index in [0.717, 1.165) is 6.42 Å². The highest BCUT2D eigenvalue weighted by molar-refractivity contribution is 5.69. The Balaban J connectivity index is 2.87. The number of ether oxygens (including phenoxy) is 3. The maximum absolute atomic E-state index is 11.5. The molecular formula is C16H26O6. The molecule has 0 aliphatic carbocycles. The highest BCUT2D eigenvalue weighted by atomic mass is 16.7. The van der Waals surface area contributed by atoms with Gasteiger partial charge >= 0.3 is 5.97 Å². The monoisotopic (exact) mass is 314 g/mol. The van der Waals surface area contributed by atoms with Crippen molar-refractivity contribution in [3.8, 4) is 12.0 Å². The molecule has 0 radical (unpaired) electrons. The molecule has 5 unspecified atom stereocenters. The molecule has 0 saturated carbocycles. The predicted octanol–water partition coefficient (Wildman–Crippen LogP) is 1.19. The third kappa shape index (κ3) is 5.16. The average molecular weight is 314 g/mol. The standard InChI is InChI=1S/C16H26O6/c1-5-7-11-13(18)14(19)15(22-12(17)6-2)16(21-11)20-9-8-10(3)4/h10-11,13-16,18-19H,5-7H2,1-4H3. The van der Waals surface area contributed by atoms with E-state index in [-0.39, 0.29) is 12.3 Å². The van der Waals surface area contributed by atoms with Crippen LogP contribution in [-0.2, 0) is 19.0 Å². The molecule has 1 rings (SSSR count). The molecule has 0 aromatic carbocycles. The van der Waals surface area contributed by atoms with Crippen LogP contribution in [-0.4, -0.2) is 46.9 Å². The molecule has 1 heterocycles. The van der Waals surface area contributed by atoms with Crippen LogP contribution in [0.4, 0.5) is 0 Å². The first-order chi connectivity index (χ1) is 10.4. The Morgan fingerprint density at radius 3 is 2.50 bits per heavy atom. The Hall–Kier alpha value is -1.29. The average Bonchev–Trinajstić information content (AvgIpc) is 2.47. The second-order valence-corrected chi connectivity index (χ2v) is 5.64. The van der Waals surface area contributed by atoms with Crippen molar-refractivity contribution in [2.75, 3.05) is 0 Å². The van der Waals surface area contributed by atoms with E-state index in [1.54, 1.807) is 6.92 Å². The zero-order valence-corrected chi connectivity index (χ0v) is 13.6. The molecule has 6 heteroatoms. The zero-order valence-electron chi connectivity index (χ0n) is 13.6. The summed E-state index contributed by atoms with van der Waals surface area (Å²) in [5.74, 6) is 2.43. The van der Waals surface area contributed by atoms with Crippen LogP contribution in [0.3, 0.4) is 0 Å². The van der Waals surface area contributed by atoms with Crippen molar-refractivity contribution in [1.82, 2.24) is 0 Å². The van der Waals surface area contributed by atoms with Gasteiger partial charge in [0.05, 0.1) is 6.10 Å². The van der Waals surface area contributed by atoms with Gasteiger partial charge in [0.1, 0.15) is 18.3 Å². The summed E-state index contributed by atoms with van der Waals surface area (Å²) in [7, 11) is 0. The molecular weight excluding hydrogens is 288 g/mol. The number of aliphatic hydroxyl groups is 2. The van der Waals surface area contributed by atoms with Gasteiger partial charge < -0.3 is 24.4 Å². The van der Waals surface area contributed by atoms with Gasteiger partial charge in [-0.3, -0.25) is 4.79 Å². The van der Waals surface area contributed by atoms with Crippen LogP contribution < -0.4 is 0 Å². The number of aliphatic hydroxyl groups excluding tert-OH is 2. The zero-order chi connectivity index (χ0) is 16.7. The van der Waals surface area contributed by atoms with Crippen LogP contribution in [0.25, 0.3) is 0 Å². The lowest BCUT2D eigenvalue weighted by atomic mass is 9.96. The fourth-order valence-electron chi connectivity index (χ4n) is 2.09. The minimum atomic E-state index is -1.27. The molecule has 6 nitrogen and oxygen atoms in total. The molecule has 0 amide bonds. The summed E-state index contributed by atoms with van der Waals surface area (Å²) in [6.45, 7) is 7.40. The van der Waals surface area contributed by atoms with Crippen molar-refractivity contribution in [3.05, 3.63) is 0 Å². The summed E-state index contributed by atoms with van der Waals surface area (Å²) < 4.78 is 16.1. The van der Waals surface area contributed by atoms with E-state index in [2.05, 4.69) is 12.0 Å². The molecule has 22 heavy (non-hydrogen) atoms. The van der Waals surface area contributed by atoms with E-state index in [0.29, 0.717) is 6.42 Å². The predicted molar refractivity (Wildman–Crippen MR) is 79.5 cm³/mol. The lowest BCUT2D eigenvalue weighted by molar-refractivity contribution is -0.285. The molecule has 0 spiro atoms. The lowest BCUT2D eigenvalue weighted by Crippen LogP contribution is -2.59. The summed E-state index contributed by atoms with van der Waals surface area (Å²) in [5.41, 5.74) is 0. The van der Waals surface area contributed by atoms with Gasteiger partial charge in [-0.05, 0) is 6.42 Å². The molecule has 126 valence electrons. The first-order valence-corrected chi connectivity index (χ1v) is 7.77. The van der Waals surface area contributed by atoms with Crippen LogP contribution >= 0.6 is 0 Å². The minimum Gasteiger partial charge on any atom is -0.453 e. The third-order valence-electron chi connectivity index (χ3n) is 3.30. The Kier molecular flexibility index (Phi) is 7.66. The van der Waals surface area contributed by atoms with Gasteiger partial charge in [-0.1, -0.05) is 40.0 Å². The minimum absolute atomic E-state index is 0.113. The fraction of sp³-hybridized carbons (Fsp3) is 0.812. The topological polar surface area (TPSA) is 85.2 Å². The highest BCUT2D eigenvalue weighted by Gasteiger charge is 2.47. The normalized spacial score (nSPS) is 31.3. The number of rotatable bonds is 5. The number of hydrogen-bond acceptors (Lipinski definition) is 6.